The largest absolute Gasteiger partial charge is 0.480 e. The van der Waals surface area contributed by atoms with Gasteiger partial charge < -0.3 is 20.6 Å². The second kappa shape index (κ2) is 8.21. The van der Waals surface area contributed by atoms with Crippen molar-refractivity contribution in [3.63, 3.8) is 0 Å². The van der Waals surface area contributed by atoms with Gasteiger partial charge in [-0.15, -0.1) is 0 Å². The summed E-state index contributed by atoms with van der Waals surface area (Å²) in [6, 6.07) is -1.26. The van der Waals surface area contributed by atoms with Gasteiger partial charge in [0.25, 0.3) is 0 Å². The monoisotopic (exact) mass is 285 g/mol. The number of carbonyl (C=O) groups is 2. The standard InChI is InChI=1S/C14H27N3O3/c1-16(2)9-5-3-7-11(15)13(18)17-10-6-4-8-12(17)14(19)20/h11-12H,3-10,15H2,1-2H3,(H,19,20)/t11-,12-/m0/s1. The van der Waals surface area contributed by atoms with Crippen molar-refractivity contribution in [3.8, 4) is 0 Å². The first kappa shape index (κ1) is 16.9. The third-order valence-corrected chi connectivity index (χ3v) is 3.76. The van der Waals surface area contributed by atoms with Crippen molar-refractivity contribution >= 4 is 11.9 Å². The zero-order chi connectivity index (χ0) is 15.1. The number of unbranched alkanes of at least 4 members (excludes halogenated alkanes) is 1. The van der Waals surface area contributed by atoms with Gasteiger partial charge >= 0.3 is 5.97 Å². The Morgan fingerprint density at radius 3 is 2.65 bits per heavy atom. The second-order valence-electron chi connectivity index (χ2n) is 5.79. The lowest BCUT2D eigenvalue weighted by Gasteiger charge is -2.34. The minimum absolute atomic E-state index is 0.207. The Balaban J connectivity index is 2.43. The highest BCUT2D eigenvalue weighted by molar-refractivity contribution is 5.87. The Morgan fingerprint density at radius 2 is 2.05 bits per heavy atom. The van der Waals surface area contributed by atoms with Gasteiger partial charge in [-0.05, 0) is 52.7 Å². The van der Waals surface area contributed by atoms with Crippen LogP contribution >= 0.6 is 0 Å². The molecule has 0 bridgehead atoms. The maximum atomic E-state index is 12.3. The lowest BCUT2D eigenvalue weighted by Crippen LogP contribution is -2.53. The zero-order valence-electron chi connectivity index (χ0n) is 12.5. The fraction of sp³-hybridized carbons (Fsp3) is 0.857. The van der Waals surface area contributed by atoms with E-state index in [9.17, 15) is 14.7 Å². The van der Waals surface area contributed by atoms with Crippen LogP contribution in [0.4, 0.5) is 0 Å². The molecule has 116 valence electrons. The molecule has 0 spiro atoms. The molecule has 1 saturated heterocycles. The number of aliphatic carboxylic acids is 1. The number of carboxylic acids is 1. The minimum atomic E-state index is -0.919. The maximum absolute atomic E-state index is 12.3. The summed E-state index contributed by atoms with van der Waals surface area (Å²) >= 11 is 0. The number of rotatable bonds is 7. The number of likely N-dealkylation sites (tertiary alicyclic amines) is 1. The summed E-state index contributed by atoms with van der Waals surface area (Å²) in [5, 5.41) is 9.17. The van der Waals surface area contributed by atoms with E-state index >= 15 is 0 Å². The summed E-state index contributed by atoms with van der Waals surface area (Å²) in [7, 11) is 4.02. The van der Waals surface area contributed by atoms with Crippen LogP contribution in [0.1, 0.15) is 38.5 Å². The van der Waals surface area contributed by atoms with Gasteiger partial charge in [-0.1, -0.05) is 6.42 Å². The summed E-state index contributed by atoms with van der Waals surface area (Å²) in [6.07, 6.45) is 4.76. The molecule has 0 radical (unpaired) electrons. The van der Waals surface area contributed by atoms with E-state index in [1.807, 2.05) is 14.1 Å². The van der Waals surface area contributed by atoms with Crippen LogP contribution in [0.3, 0.4) is 0 Å². The van der Waals surface area contributed by atoms with E-state index in [4.69, 9.17) is 5.73 Å². The van der Waals surface area contributed by atoms with E-state index in [0.717, 1.165) is 32.2 Å². The van der Waals surface area contributed by atoms with E-state index in [-0.39, 0.29) is 5.91 Å². The quantitative estimate of drug-likeness (QED) is 0.666. The summed E-state index contributed by atoms with van der Waals surface area (Å²) in [5.74, 6) is -1.13. The van der Waals surface area contributed by atoms with Crippen molar-refractivity contribution in [2.75, 3.05) is 27.2 Å². The molecule has 0 aromatic rings. The first-order chi connectivity index (χ1) is 9.43. The SMILES string of the molecule is CN(C)CCCC[C@H](N)C(=O)N1CCCC[C@H]1C(=O)O. The molecule has 3 N–H and O–H groups in total. The van der Waals surface area contributed by atoms with Crippen molar-refractivity contribution in [2.45, 2.75) is 50.6 Å². The smallest absolute Gasteiger partial charge is 0.326 e. The summed E-state index contributed by atoms with van der Waals surface area (Å²) < 4.78 is 0. The van der Waals surface area contributed by atoms with E-state index < -0.39 is 18.1 Å². The Kier molecular flexibility index (Phi) is 6.95. The zero-order valence-corrected chi connectivity index (χ0v) is 12.5. The third kappa shape index (κ3) is 5.09. The highest BCUT2D eigenvalue weighted by atomic mass is 16.4. The lowest BCUT2D eigenvalue weighted by atomic mass is 10.00. The Labute approximate surface area is 120 Å². The van der Waals surface area contributed by atoms with Gasteiger partial charge in [0.05, 0.1) is 6.04 Å². The first-order valence-electron chi connectivity index (χ1n) is 7.37. The number of carbonyl (C=O) groups excluding carboxylic acids is 1. The molecule has 2 atom stereocenters. The van der Waals surface area contributed by atoms with Gasteiger partial charge in [0, 0.05) is 6.54 Å². The van der Waals surface area contributed by atoms with Gasteiger partial charge in [0.2, 0.25) is 5.91 Å². The van der Waals surface area contributed by atoms with Crippen LogP contribution in [0.5, 0.6) is 0 Å². The molecule has 0 aliphatic carbocycles. The average Bonchev–Trinajstić information content (AvgIpc) is 2.42. The molecule has 1 aliphatic rings. The molecule has 1 fully saturated rings. The van der Waals surface area contributed by atoms with Crippen LogP contribution in [0.25, 0.3) is 0 Å². The predicted octanol–water partition coefficient (Wildman–Crippen LogP) is 0.511. The molecule has 20 heavy (non-hydrogen) atoms. The Bertz CT molecular complexity index is 334. The highest BCUT2D eigenvalue weighted by Gasteiger charge is 2.33. The number of nitrogens with zero attached hydrogens (tertiary/aromatic N) is 2. The number of hydrogen-bond acceptors (Lipinski definition) is 4. The van der Waals surface area contributed by atoms with Crippen LogP contribution in [0.2, 0.25) is 0 Å². The number of nitrogens with two attached hydrogens (primary N) is 1. The normalized spacial score (nSPS) is 21.0. The molecule has 1 rings (SSSR count). The van der Waals surface area contributed by atoms with Crippen LogP contribution < -0.4 is 5.73 Å². The fourth-order valence-corrected chi connectivity index (χ4v) is 2.58. The number of carboxylic acid groups (broad SMARTS) is 1. The molecule has 6 nitrogen and oxygen atoms in total. The first-order valence-corrected chi connectivity index (χ1v) is 7.37. The number of piperidine rings is 1. The van der Waals surface area contributed by atoms with Crippen molar-refractivity contribution in [2.24, 2.45) is 5.73 Å². The fourth-order valence-electron chi connectivity index (χ4n) is 2.58. The van der Waals surface area contributed by atoms with Crippen LogP contribution in [0, 0.1) is 0 Å². The van der Waals surface area contributed by atoms with Crippen molar-refractivity contribution in [1.29, 1.82) is 0 Å². The maximum Gasteiger partial charge on any atom is 0.326 e. The number of amides is 1. The Hall–Kier alpha value is -1.14. The molecule has 1 amide bonds. The second-order valence-corrected chi connectivity index (χ2v) is 5.79. The molecule has 1 aliphatic heterocycles. The summed E-state index contributed by atoms with van der Waals surface area (Å²) in [5.41, 5.74) is 5.93. The van der Waals surface area contributed by atoms with E-state index in [1.165, 1.54) is 4.90 Å². The van der Waals surface area contributed by atoms with Gasteiger partial charge in [-0.3, -0.25) is 4.79 Å². The molecule has 0 aromatic heterocycles. The molecular formula is C14H27N3O3. The van der Waals surface area contributed by atoms with Crippen molar-refractivity contribution in [3.05, 3.63) is 0 Å². The number of hydrogen-bond donors (Lipinski definition) is 2. The van der Waals surface area contributed by atoms with Crippen LogP contribution in [0.15, 0.2) is 0 Å². The van der Waals surface area contributed by atoms with Crippen molar-refractivity contribution in [1.82, 2.24) is 9.80 Å². The van der Waals surface area contributed by atoms with Gasteiger partial charge in [0.1, 0.15) is 6.04 Å². The summed E-state index contributed by atoms with van der Waals surface area (Å²) in [6.45, 7) is 1.49. The van der Waals surface area contributed by atoms with E-state index in [2.05, 4.69) is 4.90 Å². The van der Waals surface area contributed by atoms with Crippen LogP contribution in [-0.2, 0) is 9.59 Å². The van der Waals surface area contributed by atoms with Gasteiger partial charge in [0.15, 0.2) is 0 Å². The summed E-state index contributed by atoms with van der Waals surface area (Å²) in [4.78, 5) is 27.0. The predicted molar refractivity (Wildman–Crippen MR) is 77.4 cm³/mol. The van der Waals surface area contributed by atoms with Crippen LogP contribution in [-0.4, -0.2) is 66.1 Å². The van der Waals surface area contributed by atoms with E-state index in [1.54, 1.807) is 0 Å². The van der Waals surface area contributed by atoms with Crippen molar-refractivity contribution < 1.29 is 14.7 Å². The van der Waals surface area contributed by atoms with E-state index in [0.29, 0.717) is 19.4 Å². The molecule has 0 saturated carbocycles. The molecule has 6 heteroatoms. The van der Waals surface area contributed by atoms with Gasteiger partial charge in [-0.2, -0.15) is 0 Å². The topological polar surface area (TPSA) is 86.9 Å². The molecule has 1 heterocycles. The molecule has 0 unspecified atom stereocenters. The molecule has 0 aromatic carbocycles. The molecular weight excluding hydrogens is 258 g/mol. The minimum Gasteiger partial charge on any atom is -0.480 e. The van der Waals surface area contributed by atoms with Gasteiger partial charge in [-0.25, -0.2) is 4.79 Å². The highest BCUT2D eigenvalue weighted by Crippen LogP contribution is 2.18. The Morgan fingerprint density at radius 1 is 1.35 bits per heavy atom. The third-order valence-electron chi connectivity index (χ3n) is 3.76. The lowest BCUT2D eigenvalue weighted by molar-refractivity contribution is -0.152. The average molecular weight is 285 g/mol.